The molecule has 0 fully saturated rings. The first-order chi connectivity index (χ1) is 12.8. The maximum absolute atomic E-state index is 13.8. The van der Waals surface area contributed by atoms with E-state index in [0.717, 1.165) is 23.3 Å². The molecule has 0 unspecified atom stereocenters. The van der Waals surface area contributed by atoms with E-state index in [1.165, 1.54) is 4.68 Å². The average Bonchev–Trinajstić information content (AvgIpc) is 2.97. The van der Waals surface area contributed by atoms with E-state index in [-0.39, 0.29) is 11.5 Å². The molecule has 0 atom stereocenters. The fourth-order valence-electron chi connectivity index (χ4n) is 3.01. The van der Waals surface area contributed by atoms with Gasteiger partial charge in [0, 0.05) is 5.39 Å². The molecular formula is C20H13F4N3. The summed E-state index contributed by atoms with van der Waals surface area (Å²) < 4.78 is 54.0. The number of nitrogens with two attached hydrogens (primary N) is 1. The van der Waals surface area contributed by atoms with Gasteiger partial charge in [0.25, 0.3) is 0 Å². The second kappa shape index (κ2) is 6.12. The molecule has 136 valence electrons. The lowest BCUT2D eigenvalue weighted by molar-refractivity contribution is -0.137. The molecule has 0 saturated carbocycles. The summed E-state index contributed by atoms with van der Waals surface area (Å²) in [5.74, 6) is -0.844. The van der Waals surface area contributed by atoms with Crippen LogP contribution in [0.25, 0.3) is 27.7 Å². The van der Waals surface area contributed by atoms with Gasteiger partial charge >= 0.3 is 6.18 Å². The van der Waals surface area contributed by atoms with Gasteiger partial charge in [0.15, 0.2) is 5.82 Å². The number of alkyl halides is 3. The first kappa shape index (κ1) is 17.1. The minimum absolute atomic E-state index is 0.0449. The van der Waals surface area contributed by atoms with Crippen LogP contribution < -0.4 is 5.73 Å². The van der Waals surface area contributed by atoms with E-state index >= 15 is 0 Å². The molecule has 1 aromatic heterocycles. The van der Waals surface area contributed by atoms with E-state index in [1.807, 2.05) is 42.5 Å². The van der Waals surface area contributed by atoms with Gasteiger partial charge in [-0.1, -0.05) is 36.4 Å². The molecular weight excluding hydrogens is 358 g/mol. The third-order valence-corrected chi connectivity index (χ3v) is 4.27. The predicted molar refractivity (Wildman–Crippen MR) is 95.9 cm³/mol. The Hall–Kier alpha value is -3.35. The van der Waals surface area contributed by atoms with Crippen LogP contribution in [0.5, 0.6) is 0 Å². The third kappa shape index (κ3) is 3.12. The second-order valence-electron chi connectivity index (χ2n) is 6.09. The summed E-state index contributed by atoms with van der Waals surface area (Å²) in [6.07, 6.45) is -4.66. The molecule has 0 aliphatic rings. The summed E-state index contributed by atoms with van der Waals surface area (Å²) in [4.78, 5) is 0. The van der Waals surface area contributed by atoms with Crippen molar-refractivity contribution >= 4 is 16.7 Å². The van der Waals surface area contributed by atoms with Crippen molar-refractivity contribution < 1.29 is 17.6 Å². The number of rotatable bonds is 2. The Labute approximate surface area is 151 Å². The molecule has 0 saturated heterocycles. The molecule has 0 spiro atoms. The van der Waals surface area contributed by atoms with Crippen LogP contribution in [-0.4, -0.2) is 9.78 Å². The molecule has 2 N–H and O–H groups in total. The minimum Gasteiger partial charge on any atom is -0.382 e. The normalized spacial score (nSPS) is 11.9. The van der Waals surface area contributed by atoms with Crippen LogP contribution in [0.2, 0.25) is 0 Å². The van der Waals surface area contributed by atoms with Crippen LogP contribution in [0.15, 0.2) is 66.7 Å². The number of aromatic nitrogens is 2. The van der Waals surface area contributed by atoms with Crippen LogP contribution in [-0.2, 0) is 6.18 Å². The van der Waals surface area contributed by atoms with Crippen molar-refractivity contribution in [1.29, 1.82) is 0 Å². The fourth-order valence-corrected chi connectivity index (χ4v) is 3.01. The average molecular weight is 371 g/mol. The van der Waals surface area contributed by atoms with Gasteiger partial charge in [0.2, 0.25) is 0 Å². The predicted octanol–water partition coefficient (Wildman–Crippen LogP) is 5.43. The second-order valence-corrected chi connectivity index (χ2v) is 6.09. The number of anilines is 1. The minimum atomic E-state index is -4.66. The molecule has 0 amide bonds. The standard InChI is InChI=1S/C20H13F4N3/c21-15-9-14(20(22,23)24)10-16(11-15)27-18-7-6-13(8-17(18)19(25)26-27)12-4-2-1-3-5-12/h1-11H,(H2,25,26). The van der Waals surface area contributed by atoms with Crippen LogP contribution in [0, 0.1) is 5.82 Å². The van der Waals surface area contributed by atoms with Crippen LogP contribution in [0.1, 0.15) is 5.56 Å². The highest BCUT2D eigenvalue weighted by atomic mass is 19.4. The van der Waals surface area contributed by atoms with Gasteiger partial charge in [-0.3, -0.25) is 0 Å². The van der Waals surface area contributed by atoms with Gasteiger partial charge in [-0.15, -0.1) is 5.10 Å². The van der Waals surface area contributed by atoms with Gasteiger partial charge in [0.1, 0.15) is 5.82 Å². The Balaban J connectivity index is 1.88. The number of hydrogen-bond acceptors (Lipinski definition) is 2. The number of nitrogens with zero attached hydrogens (tertiary/aromatic N) is 2. The summed E-state index contributed by atoms with van der Waals surface area (Å²) in [6, 6.07) is 17.2. The van der Waals surface area contributed by atoms with Crippen LogP contribution in [0.4, 0.5) is 23.4 Å². The zero-order valence-electron chi connectivity index (χ0n) is 13.8. The lowest BCUT2D eigenvalue weighted by atomic mass is 10.0. The first-order valence-electron chi connectivity index (χ1n) is 8.05. The van der Waals surface area contributed by atoms with Crippen molar-refractivity contribution in [1.82, 2.24) is 9.78 Å². The quantitative estimate of drug-likeness (QED) is 0.477. The van der Waals surface area contributed by atoms with Gasteiger partial charge in [-0.25, -0.2) is 9.07 Å². The van der Waals surface area contributed by atoms with Gasteiger partial charge in [-0.2, -0.15) is 13.2 Å². The largest absolute Gasteiger partial charge is 0.416 e. The van der Waals surface area contributed by atoms with Crippen molar-refractivity contribution in [3.8, 4) is 16.8 Å². The smallest absolute Gasteiger partial charge is 0.382 e. The topological polar surface area (TPSA) is 43.8 Å². The zero-order valence-corrected chi connectivity index (χ0v) is 13.8. The summed E-state index contributed by atoms with van der Waals surface area (Å²) in [6.45, 7) is 0. The molecule has 0 aliphatic carbocycles. The summed E-state index contributed by atoms with van der Waals surface area (Å²) in [5, 5.41) is 4.70. The Morgan fingerprint density at radius 1 is 0.852 bits per heavy atom. The number of nitrogen functional groups attached to an aromatic ring is 1. The number of fused-ring (bicyclic) bond motifs is 1. The molecule has 0 aliphatic heterocycles. The third-order valence-electron chi connectivity index (χ3n) is 4.27. The number of benzene rings is 3. The van der Waals surface area contributed by atoms with Crippen molar-refractivity contribution in [3.63, 3.8) is 0 Å². The number of halogens is 4. The van der Waals surface area contributed by atoms with E-state index < -0.39 is 17.6 Å². The highest BCUT2D eigenvalue weighted by molar-refractivity contribution is 5.93. The highest BCUT2D eigenvalue weighted by Gasteiger charge is 2.31. The summed E-state index contributed by atoms with van der Waals surface area (Å²) >= 11 is 0. The Morgan fingerprint density at radius 2 is 1.59 bits per heavy atom. The summed E-state index contributed by atoms with van der Waals surface area (Å²) in [7, 11) is 0. The maximum atomic E-state index is 13.8. The molecule has 7 heteroatoms. The highest BCUT2D eigenvalue weighted by Crippen LogP contribution is 2.33. The van der Waals surface area contributed by atoms with Crippen molar-refractivity contribution in [2.75, 3.05) is 5.73 Å². The van der Waals surface area contributed by atoms with Crippen molar-refractivity contribution in [3.05, 3.63) is 78.1 Å². The SMILES string of the molecule is Nc1nn(-c2cc(F)cc(C(F)(F)F)c2)c2ccc(-c3ccccc3)cc12. The van der Waals surface area contributed by atoms with E-state index in [1.54, 1.807) is 6.07 Å². The van der Waals surface area contributed by atoms with Crippen LogP contribution in [0.3, 0.4) is 0 Å². The first-order valence-corrected chi connectivity index (χ1v) is 8.05. The zero-order chi connectivity index (χ0) is 19.2. The van der Waals surface area contributed by atoms with Crippen molar-refractivity contribution in [2.24, 2.45) is 0 Å². The molecule has 4 aromatic rings. The van der Waals surface area contributed by atoms with E-state index in [0.29, 0.717) is 17.0 Å². The van der Waals surface area contributed by atoms with Gasteiger partial charge < -0.3 is 5.73 Å². The lowest BCUT2D eigenvalue weighted by Crippen LogP contribution is -2.08. The molecule has 3 aromatic carbocycles. The molecule has 27 heavy (non-hydrogen) atoms. The van der Waals surface area contributed by atoms with Gasteiger partial charge in [-0.05, 0) is 41.5 Å². The Kier molecular flexibility index (Phi) is 3.87. The Bertz CT molecular complexity index is 1130. The number of hydrogen-bond donors (Lipinski definition) is 1. The van der Waals surface area contributed by atoms with Crippen molar-refractivity contribution in [2.45, 2.75) is 6.18 Å². The van der Waals surface area contributed by atoms with Crippen LogP contribution >= 0.6 is 0 Å². The maximum Gasteiger partial charge on any atom is 0.416 e. The van der Waals surface area contributed by atoms with E-state index in [9.17, 15) is 17.6 Å². The summed E-state index contributed by atoms with van der Waals surface area (Å²) in [5.41, 5.74) is 7.20. The molecule has 0 radical (unpaired) electrons. The van der Waals surface area contributed by atoms with E-state index in [4.69, 9.17) is 5.73 Å². The molecule has 4 rings (SSSR count). The molecule has 1 heterocycles. The Morgan fingerprint density at radius 3 is 2.30 bits per heavy atom. The molecule has 3 nitrogen and oxygen atoms in total. The monoisotopic (exact) mass is 371 g/mol. The fraction of sp³-hybridized carbons (Fsp3) is 0.0500. The van der Waals surface area contributed by atoms with E-state index in [2.05, 4.69) is 5.10 Å². The molecule has 0 bridgehead atoms. The lowest BCUT2D eigenvalue weighted by Gasteiger charge is -2.10. The van der Waals surface area contributed by atoms with Gasteiger partial charge in [0.05, 0.1) is 16.8 Å².